The number of aromatic nitrogens is 1. The molecular weight excluding hydrogens is 258 g/mol. The second-order valence-corrected chi connectivity index (χ2v) is 8.26. The van der Waals surface area contributed by atoms with Crippen LogP contribution in [0.4, 0.5) is 0 Å². The third-order valence-corrected chi connectivity index (χ3v) is 6.62. The summed E-state index contributed by atoms with van der Waals surface area (Å²) in [4.78, 5) is 4.09. The summed E-state index contributed by atoms with van der Waals surface area (Å²) >= 11 is 0. The first-order valence-electron chi connectivity index (χ1n) is 8.71. The summed E-state index contributed by atoms with van der Waals surface area (Å²) in [5.41, 5.74) is 1.69. The average Bonchev–Trinajstić information content (AvgIpc) is 2.45. The van der Waals surface area contributed by atoms with Crippen molar-refractivity contribution in [2.75, 3.05) is 0 Å². The maximum absolute atomic E-state index is 10.8. The van der Waals surface area contributed by atoms with Crippen LogP contribution in [0.25, 0.3) is 0 Å². The third kappa shape index (κ3) is 2.52. The molecule has 2 nitrogen and oxygen atoms in total. The van der Waals surface area contributed by atoms with Crippen LogP contribution in [0.1, 0.15) is 63.4 Å². The van der Waals surface area contributed by atoms with Gasteiger partial charge in [0.05, 0.1) is 6.10 Å². The molecule has 4 bridgehead atoms. The molecule has 21 heavy (non-hydrogen) atoms. The van der Waals surface area contributed by atoms with E-state index in [0.29, 0.717) is 5.41 Å². The van der Waals surface area contributed by atoms with Gasteiger partial charge in [0.15, 0.2) is 0 Å². The van der Waals surface area contributed by atoms with Crippen molar-refractivity contribution >= 4 is 0 Å². The molecule has 0 spiro atoms. The SMILES string of the molecule is CC(c1ccncc1)C(O)CC12CC3CC(CC(C3)C1)C2. The summed E-state index contributed by atoms with van der Waals surface area (Å²) in [6.45, 7) is 2.17. The first-order chi connectivity index (χ1) is 10.1. The van der Waals surface area contributed by atoms with Crippen LogP contribution in [-0.4, -0.2) is 16.2 Å². The van der Waals surface area contributed by atoms with Crippen molar-refractivity contribution in [3.8, 4) is 0 Å². The number of hydrogen-bond donors (Lipinski definition) is 1. The van der Waals surface area contributed by atoms with Crippen LogP contribution in [-0.2, 0) is 0 Å². The number of rotatable bonds is 4. The highest BCUT2D eigenvalue weighted by atomic mass is 16.3. The molecule has 4 saturated carbocycles. The molecule has 4 fully saturated rings. The minimum Gasteiger partial charge on any atom is -0.392 e. The van der Waals surface area contributed by atoms with Crippen molar-refractivity contribution in [1.82, 2.24) is 4.98 Å². The van der Waals surface area contributed by atoms with Gasteiger partial charge in [-0.1, -0.05) is 6.92 Å². The first kappa shape index (κ1) is 13.8. The van der Waals surface area contributed by atoms with Gasteiger partial charge in [-0.15, -0.1) is 0 Å². The zero-order valence-electron chi connectivity index (χ0n) is 13.0. The minimum absolute atomic E-state index is 0.205. The van der Waals surface area contributed by atoms with Crippen molar-refractivity contribution in [2.45, 2.75) is 63.9 Å². The summed E-state index contributed by atoms with van der Waals surface area (Å²) < 4.78 is 0. The lowest BCUT2D eigenvalue weighted by atomic mass is 9.48. The van der Waals surface area contributed by atoms with E-state index in [1.807, 2.05) is 24.5 Å². The average molecular weight is 285 g/mol. The number of nitrogens with zero attached hydrogens (tertiary/aromatic N) is 1. The first-order valence-corrected chi connectivity index (χ1v) is 8.71. The Labute approximate surface area is 128 Å². The Hall–Kier alpha value is -0.890. The predicted octanol–water partition coefficient (Wildman–Crippen LogP) is 4.15. The molecule has 2 unspecified atom stereocenters. The highest BCUT2D eigenvalue weighted by Gasteiger charge is 2.51. The molecule has 2 heteroatoms. The quantitative estimate of drug-likeness (QED) is 0.901. The summed E-state index contributed by atoms with van der Waals surface area (Å²) in [6.07, 6.45) is 13.1. The maximum atomic E-state index is 10.8. The van der Waals surface area contributed by atoms with Crippen LogP contribution in [0.3, 0.4) is 0 Å². The largest absolute Gasteiger partial charge is 0.392 e. The van der Waals surface area contributed by atoms with E-state index in [0.717, 1.165) is 24.2 Å². The summed E-state index contributed by atoms with van der Waals surface area (Å²) in [5, 5.41) is 10.8. The zero-order valence-corrected chi connectivity index (χ0v) is 13.0. The van der Waals surface area contributed by atoms with Gasteiger partial charge >= 0.3 is 0 Å². The van der Waals surface area contributed by atoms with E-state index >= 15 is 0 Å². The number of aliphatic hydroxyl groups excluding tert-OH is 1. The lowest BCUT2D eigenvalue weighted by Gasteiger charge is -2.57. The van der Waals surface area contributed by atoms with Crippen LogP contribution in [0.15, 0.2) is 24.5 Å². The van der Waals surface area contributed by atoms with Crippen LogP contribution >= 0.6 is 0 Å². The van der Waals surface area contributed by atoms with E-state index in [1.165, 1.54) is 44.1 Å². The van der Waals surface area contributed by atoms with Crippen molar-refractivity contribution in [1.29, 1.82) is 0 Å². The van der Waals surface area contributed by atoms with Gasteiger partial charge in [-0.3, -0.25) is 4.98 Å². The number of aliphatic hydroxyl groups is 1. The molecule has 4 aliphatic rings. The van der Waals surface area contributed by atoms with Gasteiger partial charge in [0.2, 0.25) is 0 Å². The molecular formula is C19H27NO. The molecule has 1 aromatic heterocycles. The van der Waals surface area contributed by atoms with Crippen LogP contribution in [0.5, 0.6) is 0 Å². The third-order valence-electron chi connectivity index (χ3n) is 6.62. The van der Waals surface area contributed by atoms with E-state index in [4.69, 9.17) is 0 Å². The van der Waals surface area contributed by atoms with Crippen LogP contribution in [0.2, 0.25) is 0 Å². The molecule has 0 saturated heterocycles. The fraction of sp³-hybridized carbons (Fsp3) is 0.737. The Bertz CT molecular complexity index is 462. The number of hydrogen-bond acceptors (Lipinski definition) is 2. The van der Waals surface area contributed by atoms with Crippen molar-refractivity contribution in [3.63, 3.8) is 0 Å². The minimum atomic E-state index is -0.205. The standard InChI is InChI=1S/C19H27NO/c1-13(17-2-4-20-5-3-17)18(21)12-19-9-14-6-15(10-19)8-16(7-14)11-19/h2-5,13-16,18,21H,6-12H2,1H3. The van der Waals surface area contributed by atoms with Gasteiger partial charge in [0, 0.05) is 18.3 Å². The molecule has 1 N–H and O–H groups in total. The Morgan fingerprint density at radius 1 is 1.10 bits per heavy atom. The lowest BCUT2D eigenvalue weighted by Crippen LogP contribution is -2.47. The topological polar surface area (TPSA) is 33.1 Å². The van der Waals surface area contributed by atoms with Gasteiger partial charge in [-0.05, 0) is 85.8 Å². The van der Waals surface area contributed by atoms with Gasteiger partial charge in [-0.2, -0.15) is 0 Å². The molecule has 2 atom stereocenters. The normalized spacial score (nSPS) is 40.2. The monoisotopic (exact) mass is 285 g/mol. The second-order valence-electron chi connectivity index (χ2n) is 8.26. The molecule has 0 aromatic carbocycles. The highest BCUT2D eigenvalue weighted by molar-refractivity contribution is 5.17. The molecule has 0 aliphatic heterocycles. The molecule has 114 valence electrons. The van der Waals surface area contributed by atoms with Gasteiger partial charge < -0.3 is 5.11 Å². The van der Waals surface area contributed by atoms with E-state index in [9.17, 15) is 5.11 Å². The molecule has 1 heterocycles. The van der Waals surface area contributed by atoms with Crippen LogP contribution < -0.4 is 0 Å². The van der Waals surface area contributed by atoms with Gasteiger partial charge in [0.25, 0.3) is 0 Å². The summed E-state index contributed by atoms with van der Waals surface area (Å²) in [7, 11) is 0. The van der Waals surface area contributed by atoms with Crippen molar-refractivity contribution in [3.05, 3.63) is 30.1 Å². The van der Waals surface area contributed by atoms with Crippen molar-refractivity contribution in [2.24, 2.45) is 23.2 Å². The van der Waals surface area contributed by atoms with E-state index < -0.39 is 0 Å². The Morgan fingerprint density at radius 2 is 1.62 bits per heavy atom. The molecule has 1 aromatic rings. The Kier molecular flexibility index (Phi) is 3.33. The summed E-state index contributed by atoms with van der Waals surface area (Å²) in [5.74, 6) is 3.14. The summed E-state index contributed by atoms with van der Waals surface area (Å²) in [6, 6.07) is 4.10. The Balaban J connectivity index is 1.48. The van der Waals surface area contributed by atoms with Gasteiger partial charge in [0.1, 0.15) is 0 Å². The maximum Gasteiger partial charge on any atom is 0.0611 e. The highest BCUT2D eigenvalue weighted by Crippen LogP contribution is 2.61. The van der Waals surface area contributed by atoms with E-state index in [-0.39, 0.29) is 12.0 Å². The van der Waals surface area contributed by atoms with E-state index in [2.05, 4.69) is 11.9 Å². The fourth-order valence-electron chi connectivity index (χ4n) is 6.05. The van der Waals surface area contributed by atoms with Gasteiger partial charge in [-0.25, -0.2) is 0 Å². The molecule has 0 radical (unpaired) electrons. The lowest BCUT2D eigenvalue weighted by molar-refractivity contribution is -0.0783. The Morgan fingerprint density at radius 3 is 2.14 bits per heavy atom. The fourth-order valence-corrected chi connectivity index (χ4v) is 6.05. The molecule has 4 aliphatic carbocycles. The smallest absolute Gasteiger partial charge is 0.0611 e. The molecule has 5 rings (SSSR count). The van der Waals surface area contributed by atoms with Crippen molar-refractivity contribution < 1.29 is 5.11 Å². The number of pyridine rings is 1. The predicted molar refractivity (Wildman–Crippen MR) is 83.9 cm³/mol. The van der Waals surface area contributed by atoms with E-state index in [1.54, 1.807) is 0 Å². The second kappa shape index (κ2) is 5.08. The van der Waals surface area contributed by atoms with Crippen LogP contribution in [0, 0.1) is 23.2 Å². The zero-order chi connectivity index (χ0) is 14.4. The molecule has 0 amide bonds.